The zero-order valence-corrected chi connectivity index (χ0v) is 12.7. The van der Waals surface area contributed by atoms with Crippen molar-refractivity contribution in [2.75, 3.05) is 18.4 Å². The van der Waals surface area contributed by atoms with Crippen molar-refractivity contribution in [1.82, 2.24) is 20.3 Å². The van der Waals surface area contributed by atoms with Gasteiger partial charge in [-0.25, -0.2) is 9.97 Å². The summed E-state index contributed by atoms with van der Waals surface area (Å²) in [6.45, 7) is 1.99. The Morgan fingerprint density at radius 3 is 2.59 bits per heavy atom. The summed E-state index contributed by atoms with van der Waals surface area (Å²) in [5, 5.41) is 6.50. The zero-order chi connectivity index (χ0) is 15.4. The summed E-state index contributed by atoms with van der Waals surface area (Å²) in [6.07, 6.45) is 6.79. The first kappa shape index (κ1) is 14.9. The number of halogens is 1. The Kier molecular flexibility index (Phi) is 4.60. The SMILES string of the molecule is O=C(Nc1ccc(Cl)cn1)c1cnc(C2CCNCC2)cn1. The number of carbonyl (C=O) groups excluding carboxylic acids is 1. The third-order valence-electron chi connectivity index (χ3n) is 3.63. The molecule has 7 heteroatoms. The highest BCUT2D eigenvalue weighted by molar-refractivity contribution is 6.30. The lowest BCUT2D eigenvalue weighted by Crippen LogP contribution is -2.27. The molecule has 0 unspecified atom stereocenters. The van der Waals surface area contributed by atoms with Gasteiger partial charge in [-0.3, -0.25) is 9.78 Å². The first-order valence-corrected chi connectivity index (χ1v) is 7.56. The molecular weight excluding hydrogens is 302 g/mol. The number of piperidine rings is 1. The summed E-state index contributed by atoms with van der Waals surface area (Å²) >= 11 is 5.75. The van der Waals surface area contributed by atoms with Crippen molar-refractivity contribution in [3.05, 3.63) is 47.1 Å². The molecule has 2 aromatic rings. The highest BCUT2D eigenvalue weighted by Gasteiger charge is 2.17. The number of hydrogen-bond acceptors (Lipinski definition) is 5. The van der Waals surface area contributed by atoms with E-state index < -0.39 is 0 Å². The molecule has 3 heterocycles. The number of amides is 1. The minimum absolute atomic E-state index is 0.273. The molecule has 22 heavy (non-hydrogen) atoms. The Hall–Kier alpha value is -2.05. The van der Waals surface area contributed by atoms with Gasteiger partial charge < -0.3 is 10.6 Å². The topological polar surface area (TPSA) is 79.8 Å². The number of carbonyl (C=O) groups is 1. The van der Waals surface area contributed by atoms with Crippen LogP contribution in [0.2, 0.25) is 5.02 Å². The normalized spacial score (nSPS) is 15.5. The number of nitrogens with one attached hydrogen (secondary N) is 2. The van der Waals surface area contributed by atoms with E-state index in [1.807, 2.05) is 0 Å². The lowest BCUT2D eigenvalue weighted by atomic mass is 9.95. The molecule has 114 valence electrons. The second kappa shape index (κ2) is 6.81. The quantitative estimate of drug-likeness (QED) is 0.907. The van der Waals surface area contributed by atoms with Gasteiger partial charge in [-0.15, -0.1) is 0 Å². The first-order chi connectivity index (χ1) is 10.7. The maximum atomic E-state index is 12.1. The zero-order valence-electron chi connectivity index (χ0n) is 11.9. The average molecular weight is 318 g/mol. The Balaban J connectivity index is 1.66. The number of hydrogen-bond donors (Lipinski definition) is 2. The number of rotatable bonds is 3. The molecule has 0 bridgehead atoms. The molecule has 1 saturated heterocycles. The fraction of sp³-hybridized carbons (Fsp3) is 0.333. The number of nitrogens with zero attached hydrogens (tertiary/aromatic N) is 3. The third kappa shape index (κ3) is 3.58. The minimum atomic E-state index is -0.334. The van der Waals surface area contributed by atoms with Gasteiger partial charge in [0.25, 0.3) is 5.91 Å². The van der Waals surface area contributed by atoms with E-state index in [-0.39, 0.29) is 11.6 Å². The Labute approximate surface area is 133 Å². The van der Waals surface area contributed by atoms with Crippen molar-refractivity contribution in [2.24, 2.45) is 0 Å². The molecule has 2 N–H and O–H groups in total. The minimum Gasteiger partial charge on any atom is -0.317 e. The first-order valence-electron chi connectivity index (χ1n) is 7.18. The van der Waals surface area contributed by atoms with Crippen LogP contribution in [0.15, 0.2) is 30.7 Å². The van der Waals surface area contributed by atoms with Gasteiger partial charge in [0.05, 0.1) is 16.9 Å². The monoisotopic (exact) mass is 317 g/mol. The van der Waals surface area contributed by atoms with Crippen LogP contribution < -0.4 is 10.6 Å². The molecule has 0 aromatic carbocycles. The van der Waals surface area contributed by atoms with Gasteiger partial charge in [0.1, 0.15) is 11.5 Å². The van der Waals surface area contributed by atoms with Crippen LogP contribution in [0, 0.1) is 0 Å². The molecule has 3 rings (SSSR count). The third-order valence-corrected chi connectivity index (χ3v) is 3.85. The lowest BCUT2D eigenvalue weighted by molar-refractivity contribution is 0.102. The number of aromatic nitrogens is 3. The summed E-state index contributed by atoms with van der Waals surface area (Å²) < 4.78 is 0. The van der Waals surface area contributed by atoms with Crippen molar-refractivity contribution >= 4 is 23.3 Å². The van der Waals surface area contributed by atoms with Crippen molar-refractivity contribution in [3.63, 3.8) is 0 Å². The smallest absolute Gasteiger partial charge is 0.277 e. The number of anilines is 1. The molecule has 1 amide bonds. The van der Waals surface area contributed by atoms with E-state index in [4.69, 9.17) is 11.6 Å². The van der Waals surface area contributed by atoms with Crippen molar-refractivity contribution in [2.45, 2.75) is 18.8 Å². The van der Waals surface area contributed by atoms with Gasteiger partial charge in [-0.2, -0.15) is 0 Å². The van der Waals surface area contributed by atoms with E-state index in [1.165, 1.54) is 12.4 Å². The van der Waals surface area contributed by atoms with Gasteiger partial charge in [0.2, 0.25) is 0 Å². The largest absolute Gasteiger partial charge is 0.317 e. The van der Waals surface area contributed by atoms with Crippen LogP contribution in [0.25, 0.3) is 0 Å². The van der Waals surface area contributed by atoms with Crippen LogP contribution >= 0.6 is 11.6 Å². The second-order valence-electron chi connectivity index (χ2n) is 5.17. The molecule has 0 spiro atoms. The highest BCUT2D eigenvalue weighted by Crippen LogP contribution is 2.22. The van der Waals surface area contributed by atoms with E-state index in [1.54, 1.807) is 18.3 Å². The van der Waals surface area contributed by atoms with Crippen molar-refractivity contribution in [3.8, 4) is 0 Å². The maximum absolute atomic E-state index is 12.1. The summed E-state index contributed by atoms with van der Waals surface area (Å²) in [7, 11) is 0. The summed E-state index contributed by atoms with van der Waals surface area (Å²) in [5.41, 5.74) is 1.22. The predicted molar refractivity (Wildman–Crippen MR) is 84.1 cm³/mol. The van der Waals surface area contributed by atoms with Crippen LogP contribution in [0.5, 0.6) is 0 Å². The molecule has 1 fully saturated rings. The van der Waals surface area contributed by atoms with Crippen LogP contribution in [0.1, 0.15) is 34.9 Å². The summed E-state index contributed by atoms with van der Waals surface area (Å²) in [5.74, 6) is 0.515. The molecule has 0 aliphatic carbocycles. The van der Waals surface area contributed by atoms with Crippen LogP contribution in [0.4, 0.5) is 5.82 Å². The van der Waals surface area contributed by atoms with E-state index >= 15 is 0 Å². The van der Waals surface area contributed by atoms with Crippen molar-refractivity contribution in [1.29, 1.82) is 0 Å². The van der Waals surface area contributed by atoms with E-state index in [0.29, 0.717) is 16.8 Å². The second-order valence-corrected chi connectivity index (χ2v) is 5.60. The van der Waals surface area contributed by atoms with Gasteiger partial charge in [-0.1, -0.05) is 11.6 Å². The Morgan fingerprint density at radius 1 is 1.14 bits per heavy atom. The van der Waals surface area contributed by atoms with E-state index in [9.17, 15) is 4.79 Å². The van der Waals surface area contributed by atoms with Gasteiger partial charge in [0.15, 0.2) is 0 Å². The Bertz CT molecular complexity index is 638. The average Bonchev–Trinajstić information content (AvgIpc) is 2.58. The molecule has 0 radical (unpaired) electrons. The van der Waals surface area contributed by atoms with Gasteiger partial charge >= 0.3 is 0 Å². The Morgan fingerprint density at radius 2 is 1.95 bits per heavy atom. The molecular formula is C15H16ClN5O. The standard InChI is InChI=1S/C15H16ClN5O/c16-11-1-2-14(20-7-11)21-15(22)13-9-18-12(8-19-13)10-3-5-17-6-4-10/h1-2,7-10,17H,3-6H2,(H,20,21,22). The molecule has 1 aliphatic rings. The fourth-order valence-corrected chi connectivity index (χ4v) is 2.53. The van der Waals surface area contributed by atoms with Crippen molar-refractivity contribution < 1.29 is 4.79 Å². The van der Waals surface area contributed by atoms with Gasteiger partial charge in [-0.05, 0) is 38.1 Å². The van der Waals surface area contributed by atoms with Crippen LogP contribution in [-0.4, -0.2) is 33.9 Å². The highest BCUT2D eigenvalue weighted by atomic mass is 35.5. The van der Waals surface area contributed by atoms with Crippen LogP contribution in [-0.2, 0) is 0 Å². The molecule has 0 saturated carbocycles. The summed E-state index contributed by atoms with van der Waals surface area (Å²) in [4.78, 5) is 24.7. The van der Waals surface area contributed by atoms with Crippen LogP contribution in [0.3, 0.4) is 0 Å². The van der Waals surface area contributed by atoms with E-state index in [2.05, 4.69) is 25.6 Å². The molecule has 2 aromatic heterocycles. The maximum Gasteiger partial charge on any atom is 0.277 e. The van der Waals surface area contributed by atoms with Gasteiger partial charge in [0, 0.05) is 18.3 Å². The number of pyridine rings is 1. The lowest BCUT2D eigenvalue weighted by Gasteiger charge is -2.21. The van der Waals surface area contributed by atoms with E-state index in [0.717, 1.165) is 31.6 Å². The molecule has 1 aliphatic heterocycles. The molecule has 6 nitrogen and oxygen atoms in total. The predicted octanol–water partition coefficient (Wildman–Crippen LogP) is 2.24. The molecule has 0 atom stereocenters. The fourth-order valence-electron chi connectivity index (χ4n) is 2.41. The summed E-state index contributed by atoms with van der Waals surface area (Å²) in [6, 6.07) is 3.30.